The third-order valence-corrected chi connectivity index (χ3v) is 5.43. The number of carbonyl (C=O) groups is 1. The summed E-state index contributed by atoms with van der Waals surface area (Å²) in [5, 5.41) is 3.22. The Morgan fingerprint density at radius 2 is 1.79 bits per heavy atom. The number of anilines is 1. The molecule has 162 valence electrons. The number of halogens is 1. The van der Waals surface area contributed by atoms with Gasteiger partial charge in [0.15, 0.2) is 5.58 Å². The second-order valence-electron chi connectivity index (χ2n) is 7.58. The first kappa shape index (κ1) is 20.8. The van der Waals surface area contributed by atoms with Crippen LogP contribution in [0.2, 0.25) is 5.02 Å². The lowest BCUT2D eigenvalue weighted by Crippen LogP contribution is -2.08. The first-order valence-corrected chi connectivity index (χ1v) is 10.7. The number of aromatic nitrogens is 1. The van der Waals surface area contributed by atoms with Crippen LogP contribution < -0.4 is 5.32 Å². The van der Waals surface area contributed by atoms with Crippen LogP contribution in [0.1, 0.15) is 11.3 Å². The van der Waals surface area contributed by atoms with Gasteiger partial charge in [-0.2, -0.15) is 0 Å². The Kier molecular flexibility index (Phi) is 5.55. The fourth-order valence-corrected chi connectivity index (χ4v) is 3.61. The molecule has 3 aromatic carbocycles. The molecular formula is C27H19ClN2O3. The van der Waals surface area contributed by atoms with Gasteiger partial charge in [0.2, 0.25) is 11.8 Å². The molecule has 0 saturated heterocycles. The van der Waals surface area contributed by atoms with E-state index in [0.29, 0.717) is 33.5 Å². The summed E-state index contributed by atoms with van der Waals surface area (Å²) in [6.07, 6.45) is 3.02. The molecular weight excluding hydrogens is 436 g/mol. The molecule has 0 aliphatic carbocycles. The Bertz CT molecular complexity index is 1480. The summed E-state index contributed by atoms with van der Waals surface area (Å²) in [6.45, 7) is 2.00. The SMILES string of the molecule is Cc1ccc2oc(-c3ccc(Cl)c(NC(=O)/C=C/c4ccc(-c5ccccc5)o4)c3)nc2c1. The molecule has 1 amide bonds. The Balaban J connectivity index is 1.32. The second-order valence-corrected chi connectivity index (χ2v) is 7.98. The molecule has 6 heteroatoms. The molecule has 5 rings (SSSR count). The van der Waals surface area contributed by atoms with Gasteiger partial charge in [-0.1, -0.05) is 48.0 Å². The van der Waals surface area contributed by atoms with Crippen molar-refractivity contribution in [2.24, 2.45) is 0 Å². The number of nitrogens with zero attached hydrogens (tertiary/aromatic N) is 1. The van der Waals surface area contributed by atoms with Crippen LogP contribution in [0, 0.1) is 6.92 Å². The van der Waals surface area contributed by atoms with Crippen molar-refractivity contribution in [3.05, 3.63) is 101 Å². The van der Waals surface area contributed by atoms with Gasteiger partial charge >= 0.3 is 0 Å². The lowest BCUT2D eigenvalue weighted by molar-refractivity contribution is -0.111. The summed E-state index contributed by atoms with van der Waals surface area (Å²) in [6, 6.07) is 24.5. The number of aryl methyl sites for hydroxylation is 1. The van der Waals surface area contributed by atoms with Gasteiger partial charge in [-0.3, -0.25) is 4.79 Å². The van der Waals surface area contributed by atoms with E-state index in [1.165, 1.54) is 6.08 Å². The van der Waals surface area contributed by atoms with E-state index >= 15 is 0 Å². The molecule has 1 N–H and O–H groups in total. The number of furan rings is 1. The van der Waals surface area contributed by atoms with Gasteiger partial charge < -0.3 is 14.2 Å². The number of fused-ring (bicyclic) bond motifs is 1. The van der Waals surface area contributed by atoms with Crippen LogP contribution in [0.15, 0.2) is 93.8 Å². The Labute approximate surface area is 195 Å². The predicted octanol–water partition coefficient (Wildman–Crippen LogP) is 7.37. The number of carbonyl (C=O) groups excluding carboxylic acids is 1. The highest BCUT2D eigenvalue weighted by Gasteiger charge is 2.12. The van der Waals surface area contributed by atoms with E-state index in [4.69, 9.17) is 20.4 Å². The molecule has 0 bridgehead atoms. The molecule has 0 radical (unpaired) electrons. The molecule has 2 aromatic heterocycles. The third kappa shape index (κ3) is 4.59. The third-order valence-electron chi connectivity index (χ3n) is 5.10. The van der Waals surface area contributed by atoms with E-state index in [-0.39, 0.29) is 5.91 Å². The first-order chi connectivity index (χ1) is 16.0. The highest BCUT2D eigenvalue weighted by Crippen LogP contribution is 2.31. The van der Waals surface area contributed by atoms with Gasteiger partial charge in [-0.05, 0) is 61.0 Å². The van der Waals surface area contributed by atoms with Crippen LogP contribution in [0.4, 0.5) is 5.69 Å². The van der Waals surface area contributed by atoms with Crippen molar-refractivity contribution in [2.75, 3.05) is 5.32 Å². The molecule has 0 fully saturated rings. The molecule has 0 aliphatic rings. The minimum absolute atomic E-state index is 0.333. The van der Waals surface area contributed by atoms with Gasteiger partial charge in [0.05, 0.1) is 10.7 Å². The molecule has 0 atom stereocenters. The highest BCUT2D eigenvalue weighted by molar-refractivity contribution is 6.34. The van der Waals surface area contributed by atoms with Gasteiger partial charge in [0.25, 0.3) is 0 Å². The maximum Gasteiger partial charge on any atom is 0.248 e. The number of hydrogen-bond acceptors (Lipinski definition) is 4. The highest BCUT2D eigenvalue weighted by atomic mass is 35.5. The summed E-state index contributed by atoms with van der Waals surface area (Å²) >= 11 is 6.31. The number of hydrogen-bond donors (Lipinski definition) is 1. The summed E-state index contributed by atoms with van der Waals surface area (Å²) in [7, 11) is 0. The average Bonchev–Trinajstić information content (AvgIpc) is 3.47. The molecule has 0 unspecified atom stereocenters. The zero-order valence-corrected chi connectivity index (χ0v) is 18.5. The summed E-state index contributed by atoms with van der Waals surface area (Å²) in [5.41, 5.74) is 4.73. The van der Waals surface area contributed by atoms with E-state index in [0.717, 1.165) is 22.4 Å². The van der Waals surface area contributed by atoms with Gasteiger partial charge in [-0.25, -0.2) is 4.98 Å². The Morgan fingerprint density at radius 1 is 0.939 bits per heavy atom. The van der Waals surface area contributed by atoms with E-state index in [2.05, 4.69) is 10.3 Å². The predicted molar refractivity (Wildman–Crippen MR) is 131 cm³/mol. The fraction of sp³-hybridized carbons (Fsp3) is 0.0370. The lowest BCUT2D eigenvalue weighted by Gasteiger charge is -2.06. The Morgan fingerprint density at radius 3 is 2.64 bits per heavy atom. The maximum atomic E-state index is 12.5. The second kappa shape index (κ2) is 8.81. The van der Waals surface area contributed by atoms with E-state index < -0.39 is 0 Å². The Hall–Kier alpha value is -4.09. The smallest absolute Gasteiger partial charge is 0.248 e. The van der Waals surface area contributed by atoms with Crippen LogP contribution in [0.25, 0.3) is 40.0 Å². The number of nitrogens with one attached hydrogen (secondary N) is 1. The minimum atomic E-state index is -0.333. The number of amides is 1. The summed E-state index contributed by atoms with van der Waals surface area (Å²) < 4.78 is 11.7. The van der Waals surface area contributed by atoms with E-state index in [1.807, 2.05) is 67.6 Å². The van der Waals surface area contributed by atoms with Crippen molar-refractivity contribution >= 4 is 40.4 Å². The zero-order chi connectivity index (χ0) is 22.8. The topological polar surface area (TPSA) is 68.3 Å². The number of benzene rings is 3. The quantitative estimate of drug-likeness (QED) is 0.281. The zero-order valence-electron chi connectivity index (χ0n) is 17.7. The van der Waals surface area contributed by atoms with Crippen LogP contribution in [-0.2, 0) is 4.79 Å². The molecule has 0 saturated carbocycles. The van der Waals surface area contributed by atoms with Crippen LogP contribution >= 0.6 is 11.6 Å². The summed E-state index contributed by atoms with van der Waals surface area (Å²) in [5.74, 6) is 1.44. The van der Waals surface area contributed by atoms with Crippen LogP contribution in [-0.4, -0.2) is 10.9 Å². The van der Waals surface area contributed by atoms with Gasteiger partial charge in [0.1, 0.15) is 17.0 Å². The number of rotatable bonds is 5. The standard InChI is InChI=1S/C27H19ClN2O3/c1-17-7-12-25-23(15-17)30-27(33-25)19-8-11-21(28)22(16-19)29-26(31)14-10-20-9-13-24(32-20)18-5-3-2-4-6-18/h2-16H,1H3,(H,29,31)/b14-10+. The van der Waals surface area contributed by atoms with Crippen LogP contribution in [0.5, 0.6) is 0 Å². The van der Waals surface area contributed by atoms with Crippen molar-refractivity contribution in [2.45, 2.75) is 6.92 Å². The lowest BCUT2D eigenvalue weighted by atomic mass is 10.2. The van der Waals surface area contributed by atoms with E-state index in [1.54, 1.807) is 24.3 Å². The normalized spacial score (nSPS) is 11.3. The van der Waals surface area contributed by atoms with Crippen molar-refractivity contribution in [1.29, 1.82) is 0 Å². The monoisotopic (exact) mass is 454 g/mol. The fourth-order valence-electron chi connectivity index (χ4n) is 3.45. The van der Waals surface area contributed by atoms with Crippen LogP contribution in [0.3, 0.4) is 0 Å². The largest absolute Gasteiger partial charge is 0.457 e. The average molecular weight is 455 g/mol. The van der Waals surface area contributed by atoms with E-state index in [9.17, 15) is 4.79 Å². The van der Waals surface area contributed by atoms with Gasteiger partial charge in [-0.15, -0.1) is 0 Å². The molecule has 33 heavy (non-hydrogen) atoms. The van der Waals surface area contributed by atoms with Gasteiger partial charge in [0, 0.05) is 17.2 Å². The molecule has 5 nitrogen and oxygen atoms in total. The summed E-state index contributed by atoms with van der Waals surface area (Å²) in [4.78, 5) is 17.1. The molecule has 0 spiro atoms. The number of oxazole rings is 1. The van der Waals surface area contributed by atoms with Crippen molar-refractivity contribution in [1.82, 2.24) is 4.98 Å². The maximum absolute atomic E-state index is 12.5. The van der Waals surface area contributed by atoms with Crippen molar-refractivity contribution in [3.8, 4) is 22.8 Å². The minimum Gasteiger partial charge on any atom is -0.457 e. The van der Waals surface area contributed by atoms with Crippen molar-refractivity contribution < 1.29 is 13.6 Å². The molecule has 5 aromatic rings. The molecule has 2 heterocycles. The first-order valence-electron chi connectivity index (χ1n) is 10.4. The molecule has 0 aliphatic heterocycles. The van der Waals surface area contributed by atoms with Crippen molar-refractivity contribution in [3.63, 3.8) is 0 Å².